The third-order valence-electron chi connectivity index (χ3n) is 10.4. The van der Waals surface area contributed by atoms with E-state index in [-0.39, 0.29) is 31.3 Å². The molecule has 0 spiro atoms. The van der Waals surface area contributed by atoms with Crippen LogP contribution in [0, 0.1) is 0 Å². The van der Waals surface area contributed by atoms with E-state index in [1.807, 2.05) is 0 Å². The normalized spacial score (nSPS) is 12.0. The summed E-state index contributed by atoms with van der Waals surface area (Å²) < 4.78 is 23.7. The molecular formula is C46H88FNO5. The molecule has 6 nitrogen and oxygen atoms in total. The molecule has 53 heavy (non-hydrogen) atoms. The van der Waals surface area contributed by atoms with E-state index >= 15 is 0 Å². The quantitative estimate of drug-likeness (QED) is 0.0380. The Labute approximate surface area is 328 Å². The second kappa shape index (κ2) is 41.7. The van der Waals surface area contributed by atoms with Crippen molar-refractivity contribution in [3.8, 4) is 0 Å². The van der Waals surface area contributed by atoms with Gasteiger partial charge in [-0.1, -0.05) is 134 Å². The zero-order valence-corrected chi connectivity index (χ0v) is 35.4. The van der Waals surface area contributed by atoms with Gasteiger partial charge in [0.05, 0.1) is 19.9 Å². The fraction of sp³-hybridized carbons (Fsp3) is 0.913. The number of aliphatic hydroxyl groups is 1. The summed E-state index contributed by atoms with van der Waals surface area (Å²) in [4.78, 5) is 27.1. The highest BCUT2D eigenvalue weighted by Gasteiger charge is 2.14. The molecule has 0 aliphatic carbocycles. The Kier molecular flexibility index (Phi) is 40.5. The first-order valence-electron chi connectivity index (χ1n) is 22.8. The maximum absolute atomic E-state index is 12.7. The van der Waals surface area contributed by atoms with Gasteiger partial charge in [0.1, 0.15) is 6.10 Å². The first kappa shape index (κ1) is 51.5. The number of alkyl halides is 1. The van der Waals surface area contributed by atoms with E-state index in [0.717, 1.165) is 148 Å². The molecule has 0 aromatic carbocycles. The van der Waals surface area contributed by atoms with Crippen LogP contribution < -0.4 is 0 Å². The number of unbranched alkanes of at least 4 members (excludes halogenated alkanes) is 23. The summed E-state index contributed by atoms with van der Waals surface area (Å²) in [6, 6.07) is 0. The number of rotatable bonds is 42. The van der Waals surface area contributed by atoms with Crippen LogP contribution in [-0.2, 0) is 19.1 Å². The third kappa shape index (κ3) is 40.0. The maximum atomic E-state index is 12.7. The minimum absolute atomic E-state index is 0.0273. The summed E-state index contributed by atoms with van der Waals surface area (Å²) in [5, 5.41) is 9.55. The molecule has 1 atom stereocenters. The highest BCUT2D eigenvalue weighted by Crippen LogP contribution is 2.19. The van der Waals surface area contributed by atoms with Crippen molar-refractivity contribution in [3.63, 3.8) is 0 Å². The number of halogens is 1. The predicted molar refractivity (Wildman–Crippen MR) is 223 cm³/mol. The fourth-order valence-corrected chi connectivity index (χ4v) is 7.01. The lowest BCUT2D eigenvalue weighted by molar-refractivity contribution is -0.150. The van der Waals surface area contributed by atoms with Gasteiger partial charge in [-0.15, -0.1) is 0 Å². The van der Waals surface area contributed by atoms with Crippen molar-refractivity contribution >= 4 is 11.9 Å². The van der Waals surface area contributed by atoms with Crippen molar-refractivity contribution in [1.29, 1.82) is 0 Å². The molecule has 0 saturated heterocycles. The van der Waals surface area contributed by atoms with Crippen LogP contribution in [-0.4, -0.2) is 67.6 Å². The molecule has 0 bridgehead atoms. The molecule has 0 aliphatic rings. The molecule has 0 aromatic heterocycles. The zero-order chi connectivity index (χ0) is 38.9. The van der Waals surface area contributed by atoms with Crippen LogP contribution >= 0.6 is 0 Å². The molecule has 0 aliphatic heterocycles. The first-order valence-corrected chi connectivity index (χ1v) is 22.8. The van der Waals surface area contributed by atoms with Crippen molar-refractivity contribution < 1.29 is 28.6 Å². The summed E-state index contributed by atoms with van der Waals surface area (Å²) in [7, 11) is 0. The van der Waals surface area contributed by atoms with Crippen molar-refractivity contribution in [2.75, 3.05) is 39.5 Å². The lowest BCUT2D eigenvalue weighted by atomic mass is 10.0. The molecule has 0 heterocycles. The van der Waals surface area contributed by atoms with Gasteiger partial charge in [0.15, 0.2) is 0 Å². The van der Waals surface area contributed by atoms with Crippen molar-refractivity contribution in [2.45, 2.75) is 232 Å². The lowest BCUT2D eigenvalue weighted by Crippen LogP contribution is -2.29. The van der Waals surface area contributed by atoms with Crippen molar-refractivity contribution in [2.24, 2.45) is 0 Å². The smallest absolute Gasteiger partial charge is 0.306 e. The molecule has 0 rings (SSSR count). The van der Waals surface area contributed by atoms with E-state index in [2.05, 4.69) is 31.7 Å². The molecule has 0 amide bonds. The second-order valence-electron chi connectivity index (χ2n) is 15.9. The first-order chi connectivity index (χ1) is 25.9. The SMILES string of the molecule is CCCCCCCCC(CCCCCCCCF)OC(=O)CCCCCCCN(CCO)CCCCCCCC(=O)OCCCCCCCC=C(C)C. The van der Waals surface area contributed by atoms with Gasteiger partial charge >= 0.3 is 11.9 Å². The predicted octanol–water partition coefficient (Wildman–Crippen LogP) is 13.2. The number of hydrogen-bond donors (Lipinski definition) is 1. The van der Waals surface area contributed by atoms with Gasteiger partial charge in [-0.05, 0) is 104 Å². The monoisotopic (exact) mass is 754 g/mol. The summed E-state index contributed by atoms with van der Waals surface area (Å²) >= 11 is 0. The second-order valence-corrected chi connectivity index (χ2v) is 15.9. The number of carbonyl (C=O) groups excluding carboxylic acids is 2. The van der Waals surface area contributed by atoms with Crippen LogP contribution in [0.5, 0.6) is 0 Å². The Balaban J connectivity index is 3.95. The Bertz CT molecular complexity index is 818. The van der Waals surface area contributed by atoms with Crippen LogP contribution in [0.25, 0.3) is 0 Å². The Morgan fingerprint density at radius 3 is 1.60 bits per heavy atom. The summed E-state index contributed by atoms with van der Waals surface area (Å²) in [6.07, 6.45) is 36.8. The molecule has 1 N–H and O–H groups in total. The lowest BCUT2D eigenvalue weighted by Gasteiger charge is -2.21. The van der Waals surface area contributed by atoms with Gasteiger partial charge < -0.3 is 19.5 Å². The number of hydrogen-bond acceptors (Lipinski definition) is 6. The minimum atomic E-state index is -0.206. The summed E-state index contributed by atoms with van der Waals surface area (Å²) in [6.45, 7) is 9.85. The van der Waals surface area contributed by atoms with Gasteiger partial charge in [0, 0.05) is 19.4 Å². The van der Waals surface area contributed by atoms with Crippen molar-refractivity contribution in [3.05, 3.63) is 11.6 Å². The minimum Gasteiger partial charge on any atom is -0.466 e. The maximum Gasteiger partial charge on any atom is 0.306 e. The molecule has 0 aromatic rings. The molecule has 1 unspecified atom stereocenters. The van der Waals surface area contributed by atoms with Crippen LogP contribution in [0.15, 0.2) is 11.6 Å². The largest absolute Gasteiger partial charge is 0.466 e. The van der Waals surface area contributed by atoms with Gasteiger partial charge in [-0.2, -0.15) is 0 Å². The molecule has 0 saturated carbocycles. The Morgan fingerprint density at radius 2 is 1.06 bits per heavy atom. The summed E-state index contributed by atoms with van der Waals surface area (Å²) in [5.41, 5.74) is 1.40. The van der Waals surface area contributed by atoms with Gasteiger partial charge in [-0.3, -0.25) is 14.0 Å². The van der Waals surface area contributed by atoms with Gasteiger partial charge in [0.25, 0.3) is 0 Å². The Hall–Kier alpha value is -1.47. The summed E-state index contributed by atoms with van der Waals surface area (Å²) in [5.74, 6) is -0.0727. The van der Waals surface area contributed by atoms with Gasteiger partial charge in [0.2, 0.25) is 0 Å². The van der Waals surface area contributed by atoms with Crippen LogP contribution in [0.2, 0.25) is 0 Å². The Morgan fingerprint density at radius 1 is 0.585 bits per heavy atom. The molecule has 0 radical (unpaired) electrons. The van der Waals surface area contributed by atoms with E-state index in [1.54, 1.807) is 0 Å². The van der Waals surface area contributed by atoms with Crippen LogP contribution in [0.3, 0.4) is 0 Å². The number of aliphatic hydroxyl groups excluding tert-OH is 1. The number of esters is 2. The van der Waals surface area contributed by atoms with Crippen LogP contribution in [0.1, 0.15) is 226 Å². The molecule has 314 valence electrons. The number of carbonyl (C=O) groups is 2. The number of nitrogens with zero attached hydrogens (tertiary/aromatic N) is 1. The average molecular weight is 754 g/mol. The van der Waals surface area contributed by atoms with Gasteiger partial charge in [-0.25, -0.2) is 0 Å². The zero-order valence-electron chi connectivity index (χ0n) is 35.4. The van der Waals surface area contributed by atoms with E-state index < -0.39 is 0 Å². The highest BCUT2D eigenvalue weighted by atomic mass is 19.1. The van der Waals surface area contributed by atoms with E-state index in [9.17, 15) is 19.1 Å². The molecule has 7 heteroatoms. The van der Waals surface area contributed by atoms with E-state index in [1.165, 1.54) is 63.4 Å². The molecule has 0 fully saturated rings. The topological polar surface area (TPSA) is 76.1 Å². The average Bonchev–Trinajstić information content (AvgIpc) is 3.13. The van der Waals surface area contributed by atoms with Crippen molar-refractivity contribution in [1.82, 2.24) is 4.90 Å². The fourth-order valence-electron chi connectivity index (χ4n) is 7.01. The van der Waals surface area contributed by atoms with E-state index in [0.29, 0.717) is 25.9 Å². The standard InChI is InChI=1S/C46H88FNO5/c1-4-5-6-7-15-24-33-44(34-25-16-8-10-19-28-37-47)53-46(51)36-27-18-13-21-30-39-48(40-41-49)38-29-20-12-17-26-35-45(50)52-42-31-22-11-9-14-23-32-43(2)3/h32,44,49H,4-31,33-42H2,1-3H3. The number of ether oxygens (including phenoxy) is 2. The molecular weight excluding hydrogens is 666 g/mol. The van der Waals surface area contributed by atoms with E-state index in [4.69, 9.17) is 9.47 Å². The highest BCUT2D eigenvalue weighted by molar-refractivity contribution is 5.69. The number of allylic oxidation sites excluding steroid dienone is 2. The van der Waals surface area contributed by atoms with Crippen LogP contribution in [0.4, 0.5) is 4.39 Å². The third-order valence-corrected chi connectivity index (χ3v) is 10.4.